The van der Waals surface area contributed by atoms with E-state index in [0.29, 0.717) is 5.70 Å². The van der Waals surface area contributed by atoms with Crippen molar-refractivity contribution in [1.82, 2.24) is 10.2 Å². The number of non-ortho nitro benzene ring substituents is 1. The van der Waals surface area contributed by atoms with Gasteiger partial charge in [-0.3, -0.25) is 19.7 Å². The largest absolute Gasteiger partial charge is 0.322 e. The molecule has 0 fully saturated rings. The summed E-state index contributed by atoms with van der Waals surface area (Å²) in [5.41, 5.74) is 1.51. The SMILES string of the molecule is CC(C)[C@H]1C(=O)NC(c2ccccc2)=CN1C(=O)c1ccc([N+](=O)[O-])cc1. The Kier molecular flexibility index (Phi) is 5.03. The van der Waals surface area contributed by atoms with Crippen LogP contribution in [-0.4, -0.2) is 27.7 Å². The summed E-state index contributed by atoms with van der Waals surface area (Å²) in [5.74, 6) is -0.755. The third kappa shape index (κ3) is 3.72. The maximum absolute atomic E-state index is 13.0. The van der Waals surface area contributed by atoms with Crippen LogP contribution >= 0.6 is 0 Å². The Morgan fingerprint density at radius 2 is 1.74 bits per heavy atom. The van der Waals surface area contributed by atoms with Gasteiger partial charge in [0.25, 0.3) is 11.6 Å². The lowest BCUT2D eigenvalue weighted by molar-refractivity contribution is -0.384. The number of benzene rings is 2. The van der Waals surface area contributed by atoms with Gasteiger partial charge in [-0.15, -0.1) is 0 Å². The molecule has 0 aliphatic carbocycles. The Bertz CT molecular complexity index is 905. The minimum Gasteiger partial charge on any atom is -0.322 e. The van der Waals surface area contributed by atoms with Crippen LogP contribution in [0.3, 0.4) is 0 Å². The van der Waals surface area contributed by atoms with E-state index in [4.69, 9.17) is 0 Å². The van der Waals surface area contributed by atoms with Crippen molar-refractivity contribution in [1.29, 1.82) is 0 Å². The zero-order valence-corrected chi connectivity index (χ0v) is 15.0. The van der Waals surface area contributed by atoms with Gasteiger partial charge in [0.1, 0.15) is 6.04 Å². The number of rotatable bonds is 4. The Morgan fingerprint density at radius 1 is 1.11 bits per heavy atom. The molecular formula is C20H19N3O4. The van der Waals surface area contributed by atoms with Gasteiger partial charge in [-0.2, -0.15) is 0 Å². The van der Waals surface area contributed by atoms with Gasteiger partial charge in [-0.05, 0) is 23.6 Å². The number of hydrogen-bond acceptors (Lipinski definition) is 4. The predicted octanol–water partition coefficient (Wildman–Crippen LogP) is 3.19. The number of amides is 2. The smallest absolute Gasteiger partial charge is 0.269 e. The number of carbonyl (C=O) groups excluding carboxylic acids is 2. The van der Waals surface area contributed by atoms with Crippen molar-refractivity contribution in [3.63, 3.8) is 0 Å². The summed E-state index contributed by atoms with van der Waals surface area (Å²) in [6.45, 7) is 3.73. The molecule has 7 nitrogen and oxygen atoms in total. The first-order chi connectivity index (χ1) is 12.9. The molecule has 0 saturated carbocycles. The van der Waals surface area contributed by atoms with E-state index < -0.39 is 11.0 Å². The van der Waals surface area contributed by atoms with Crippen LogP contribution in [0.5, 0.6) is 0 Å². The molecule has 1 N–H and O–H groups in total. The van der Waals surface area contributed by atoms with Crippen LogP contribution in [0.25, 0.3) is 5.70 Å². The third-order valence-electron chi connectivity index (χ3n) is 4.37. The van der Waals surface area contributed by atoms with Crippen LogP contribution in [0.15, 0.2) is 60.8 Å². The first kappa shape index (κ1) is 18.3. The van der Waals surface area contributed by atoms with E-state index in [1.165, 1.54) is 29.2 Å². The first-order valence-electron chi connectivity index (χ1n) is 8.53. The molecule has 7 heteroatoms. The van der Waals surface area contributed by atoms with Crippen LogP contribution in [-0.2, 0) is 4.79 Å². The highest BCUT2D eigenvalue weighted by molar-refractivity contribution is 6.02. The number of nitro groups is 1. The molecule has 2 aromatic carbocycles. The summed E-state index contributed by atoms with van der Waals surface area (Å²) in [7, 11) is 0. The van der Waals surface area contributed by atoms with E-state index >= 15 is 0 Å². The zero-order chi connectivity index (χ0) is 19.6. The first-order valence-corrected chi connectivity index (χ1v) is 8.53. The molecule has 0 spiro atoms. The second-order valence-corrected chi connectivity index (χ2v) is 6.60. The maximum atomic E-state index is 13.0. The Morgan fingerprint density at radius 3 is 2.30 bits per heavy atom. The summed E-state index contributed by atoms with van der Waals surface area (Å²) in [5, 5.41) is 13.7. The lowest BCUT2D eigenvalue weighted by Crippen LogP contribution is -2.53. The van der Waals surface area contributed by atoms with E-state index in [1.807, 2.05) is 44.2 Å². The number of hydrogen-bond donors (Lipinski definition) is 1. The highest BCUT2D eigenvalue weighted by atomic mass is 16.6. The van der Waals surface area contributed by atoms with Gasteiger partial charge in [0, 0.05) is 23.9 Å². The van der Waals surface area contributed by atoms with Crippen molar-refractivity contribution >= 4 is 23.2 Å². The topological polar surface area (TPSA) is 92.6 Å². The predicted molar refractivity (Wildman–Crippen MR) is 100 cm³/mol. The van der Waals surface area contributed by atoms with Crippen molar-refractivity contribution in [2.75, 3.05) is 0 Å². The van der Waals surface area contributed by atoms with Crippen LogP contribution in [0, 0.1) is 16.0 Å². The molecule has 1 aliphatic heterocycles. The Hall–Kier alpha value is -3.48. The van der Waals surface area contributed by atoms with Gasteiger partial charge in [-0.1, -0.05) is 44.2 Å². The molecule has 0 aromatic heterocycles. The van der Waals surface area contributed by atoms with Gasteiger partial charge >= 0.3 is 0 Å². The van der Waals surface area contributed by atoms with Crippen molar-refractivity contribution in [3.05, 3.63) is 82.0 Å². The molecule has 1 aliphatic rings. The monoisotopic (exact) mass is 365 g/mol. The van der Waals surface area contributed by atoms with E-state index in [2.05, 4.69) is 5.32 Å². The summed E-state index contributed by atoms with van der Waals surface area (Å²) >= 11 is 0. The zero-order valence-electron chi connectivity index (χ0n) is 15.0. The summed E-state index contributed by atoms with van der Waals surface area (Å²) in [6.07, 6.45) is 1.63. The van der Waals surface area contributed by atoms with Gasteiger partial charge in [-0.25, -0.2) is 0 Å². The maximum Gasteiger partial charge on any atom is 0.269 e. The molecule has 0 unspecified atom stereocenters. The summed E-state index contributed by atoms with van der Waals surface area (Å²) in [4.78, 5) is 37.4. The summed E-state index contributed by atoms with van der Waals surface area (Å²) in [6, 6.07) is 13.9. The fourth-order valence-corrected chi connectivity index (χ4v) is 3.03. The second-order valence-electron chi connectivity index (χ2n) is 6.60. The number of nitrogens with one attached hydrogen (secondary N) is 1. The Labute approximate surface area is 156 Å². The molecule has 0 radical (unpaired) electrons. The molecule has 27 heavy (non-hydrogen) atoms. The number of nitro benzene ring substituents is 1. The molecular weight excluding hydrogens is 346 g/mol. The highest BCUT2D eigenvalue weighted by Crippen LogP contribution is 2.25. The second kappa shape index (κ2) is 7.41. The highest BCUT2D eigenvalue weighted by Gasteiger charge is 2.36. The average molecular weight is 365 g/mol. The normalized spacial score (nSPS) is 16.7. The Balaban J connectivity index is 2.00. The minimum atomic E-state index is -0.667. The summed E-state index contributed by atoms with van der Waals surface area (Å²) < 4.78 is 0. The van der Waals surface area contributed by atoms with E-state index in [-0.39, 0.29) is 29.0 Å². The fourth-order valence-electron chi connectivity index (χ4n) is 3.03. The third-order valence-corrected chi connectivity index (χ3v) is 4.37. The molecule has 1 atom stereocenters. The molecule has 2 amide bonds. The van der Waals surface area contributed by atoms with Crippen molar-refractivity contribution in [2.45, 2.75) is 19.9 Å². The fraction of sp³-hybridized carbons (Fsp3) is 0.200. The van der Waals surface area contributed by atoms with E-state index in [1.54, 1.807) is 6.20 Å². The number of carbonyl (C=O) groups is 2. The van der Waals surface area contributed by atoms with E-state index in [9.17, 15) is 19.7 Å². The molecule has 138 valence electrons. The van der Waals surface area contributed by atoms with Crippen LogP contribution < -0.4 is 5.32 Å². The van der Waals surface area contributed by atoms with Crippen LogP contribution in [0.4, 0.5) is 5.69 Å². The number of nitrogens with zero attached hydrogens (tertiary/aromatic N) is 2. The quantitative estimate of drug-likeness (QED) is 0.665. The lowest BCUT2D eigenvalue weighted by Gasteiger charge is -2.35. The lowest BCUT2D eigenvalue weighted by atomic mass is 9.97. The molecule has 1 heterocycles. The minimum absolute atomic E-state index is 0.0936. The van der Waals surface area contributed by atoms with Crippen LogP contribution in [0.1, 0.15) is 29.8 Å². The van der Waals surface area contributed by atoms with Gasteiger partial charge in [0.2, 0.25) is 5.91 Å². The van der Waals surface area contributed by atoms with E-state index in [0.717, 1.165) is 5.56 Å². The van der Waals surface area contributed by atoms with Gasteiger partial charge in [0.05, 0.1) is 10.6 Å². The average Bonchev–Trinajstić information content (AvgIpc) is 2.67. The van der Waals surface area contributed by atoms with Crippen molar-refractivity contribution < 1.29 is 14.5 Å². The van der Waals surface area contributed by atoms with Gasteiger partial charge in [0.15, 0.2) is 0 Å². The van der Waals surface area contributed by atoms with Crippen molar-refractivity contribution in [2.24, 2.45) is 5.92 Å². The molecule has 3 rings (SSSR count). The van der Waals surface area contributed by atoms with Gasteiger partial charge < -0.3 is 10.2 Å². The van der Waals surface area contributed by atoms with Crippen LogP contribution in [0.2, 0.25) is 0 Å². The van der Waals surface area contributed by atoms with Crippen molar-refractivity contribution in [3.8, 4) is 0 Å². The molecule has 2 aromatic rings. The molecule has 0 saturated heterocycles. The standard InChI is InChI=1S/C20H19N3O4/c1-13(2)18-19(24)21-17(14-6-4-3-5-7-14)12-22(18)20(25)15-8-10-16(11-9-15)23(26)27/h3-13,18H,1-2H3,(H,21,24)/t18-/m0/s1. The molecule has 0 bridgehead atoms.